The average Bonchev–Trinajstić information content (AvgIpc) is 2.39. The Morgan fingerprint density at radius 3 is 2.79 bits per heavy atom. The lowest BCUT2D eigenvalue weighted by molar-refractivity contribution is -0.117. The minimum atomic E-state index is 0.0679. The minimum Gasteiger partial charge on any atom is -0.325 e. The van der Waals surface area contributed by atoms with Crippen molar-refractivity contribution in [1.29, 1.82) is 0 Å². The molecular formula is C15H23N3O. The molecule has 0 saturated carbocycles. The van der Waals surface area contributed by atoms with Gasteiger partial charge in [0, 0.05) is 31.4 Å². The number of hydrogen-bond acceptors (Lipinski definition) is 3. The number of carbonyl (C=O) groups is 1. The molecular weight excluding hydrogens is 238 g/mol. The zero-order valence-electron chi connectivity index (χ0n) is 11.8. The van der Waals surface area contributed by atoms with E-state index in [9.17, 15) is 4.79 Å². The van der Waals surface area contributed by atoms with Crippen LogP contribution >= 0.6 is 0 Å². The van der Waals surface area contributed by atoms with Crippen LogP contribution in [0.2, 0.25) is 0 Å². The van der Waals surface area contributed by atoms with Crippen LogP contribution in [0, 0.1) is 0 Å². The topological polar surface area (TPSA) is 44.4 Å². The molecule has 1 aromatic rings. The number of aryl methyl sites for hydroxylation is 1. The Morgan fingerprint density at radius 1 is 1.42 bits per heavy atom. The number of carbonyl (C=O) groups excluding carboxylic acids is 1. The van der Waals surface area contributed by atoms with Crippen LogP contribution in [0.5, 0.6) is 0 Å². The first kappa shape index (κ1) is 14.0. The molecule has 1 saturated heterocycles. The van der Waals surface area contributed by atoms with Gasteiger partial charge in [0.05, 0.1) is 6.54 Å². The van der Waals surface area contributed by atoms with Gasteiger partial charge in [-0.1, -0.05) is 19.1 Å². The van der Waals surface area contributed by atoms with E-state index in [0.717, 1.165) is 31.7 Å². The highest BCUT2D eigenvalue weighted by atomic mass is 16.2. The van der Waals surface area contributed by atoms with Crippen molar-refractivity contribution in [2.75, 3.05) is 31.5 Å². The molecule has 104 valence electrons. The van der Waals surface area contributed by atoms with Crippen molar-refractivity contribution in [3.05, 3.63) is 29.8 Å². The van der Waals surface area contributed by atoms with E-state index < -0.39 is 0 Å². The third-order valence-electron chi connectivity index (χ3n) is 3.47. The number of rotatable bonds is 4. The Labute approximate surface area is 115 Å². The predicted octanol–water partition coefficient (Wildman–Crippen LogP) is 1.48. The minimum absolute atomic E-state index is 0.0679. The number of nitrogens with zero attached hydrogens (tertiary/aromatic N) is 1. The van der Waals surface area contributed by atoms with Gasteiger partial charge in [0.1, 0.15) is 0 Å². The molecule has 0 radical (unpaired) electrons. The van der Waals surface area contributed by atoms with Crippen LogP contribution in [0.3, 0.4) is 0 Å². The molecule has 0 aliphatic carbocycles. The second-order valence-corrected chi connectivity index (χ2v) is 5.19. The molecule has 1 fully saturated rings. The molecule has 0 aromatic heterocycles. The van der Waals surface area contributed by atoms with E-state index >= 15 is 0 Å². The summed E-state index contributed by atoms with van der Waals surface area (Å²) in [5.41, 5.74) is 2.17. The molecule has 0 unspecified atom stereocenters. The number of benzene rings is 1. The molecule has 2 N–H and O–H groups in total. The standard InChI is InChI=1S/C15H23N3O/c1-3-13-4-6-14(7-5-13)17-15(19)11-18-9-8-16-12(2)10-18/h4-7,12,16H,3,8-11H2,1-2H3,(H,17,19)/t12-/m0/s1. The van der Waals surface area contributed by atoms with Gasteiger partial charge in [0.2, 0.25) is 5.91 Å². The van der Waals surface area contributed by atoms with Crippen LogP contribution in [0.1, 0.15) is 19.4 Å². The van der Waals surface area contributed by atoms with Gasteiger partial charge in [0.15, 0.2) is 0 Å². The van der Waals surface area contributed by atoms with E-state index in [4.69, 9.17) is 0 Å². The van der Waals surface area contributed by atoms with E-state index in [0.29, 0.717) is 12.6 Å². The van der Waals surface area contributed by atoms with Crippen molar-refractivity contribution in [2.24, 2.45) is 0 Å². The zero-order valence-corrected chi connectivity index (χ0v) is 11.8. The van der Waals surface area contributed by atoms with Gasteiger partial charge in [-0.3, -0.25) is 9.69 Å². The second kappa shape index (κ2) is 6.68. The van der Waals surface area contributed by atoms with Crippen LogP contribution in [0.25, 0.3) is 0 Å². The third kappa shape index (κ3) is 4.33. The lowest BCUT2D eigenvalue weighted by Crippen LogP contribution is -2.51. The molecule has 1 aliphatic rings. The summed E-state index contributed by atoms with van der Waals surface area (Å²) in [6.45, 7) is 7.57. The molecule has 0 spiro atoms. The second-order valence-electron chi connectivity index (χ2n) is 5.19. The van der Waals surface area contributed by atoms with Crippen molar-refractivity contribution in [2.45, 2.75) is 26.3 Å². The fourth-order valence-electron chi connectivity index (χ4n) is 2.38. The van der Waals surface area contributed by atoms with Crippen LogP contribution in [0.15, 0.2) is 24.3 Å². The van der Waals surface area contributed by atoms with Gasteiger partial charge in [-0.15, -0.1) is 0 Å². The molecule has 19 heavy (non-hydrogen) atoms. The fraction of sp³-hybridized carbons (Fsp3) is 0.533. The van der Waals surface area contributed by atoms with E-state index in [2.05, 4.69) is 41.5 Å². The monoisotopic (exact) mass is 261 g/mol. The number of piperazine rings is 1. The summed E-state index contributed by atoms with van der Waals surface area (Å²) in [5.74, 6) is 0.0679. The average molecular weight is 261 g/mol. The Hall–Kier alpha value is -1.39. The highest BCUT2D eigenvalue weighted by molar-refractivity contribution is 5.92. The summed E-state index contributed by atoms with van der Waals surface area (Å²) in [4.78, 5) is 14.2. The van der Waals surface area contributed by atoms with Gasteiger partial charge in [-0.2, -0.15) is 0 Å². The van der Waals surface area contributed by atoms with E-state index in [1.54, 1.807) is 0 Å². The van der Waals surface area contributed by atoms with Crippen molar-refractivity contribution >= 4 is 11.6 Å². The van der Waals surface area contributed by atoms with Crippen molar-refractivity contribution < 1.29 is 4.79 Å². The Morgan fingerprint density at radius 2 is 2.16 bits per heavy atom. The summed E-state index contributed by atoms with van der Waals surface area (Å²) in [6.07, 6.45) is 1.02. The molecule has 1 heterocycles. The smallest absolute Gasteiger partial charge is 0.238 e. The normalized spacial score (nSPS) is 20.2. The zero-order chi connectivity index (χ0) is 13.7. The Kier molecular flexibility index (Phi) is 4.93. The van der Waals surface area contributed by atoms with Crippen LogP contribution in [-0.4, -0.2) is 43.0 Å². The summed E-state index contributed by atoms with van der Waals surface area (Å²) < 4.78 is 0. The SMILES string of the molecule is CCc1ccc(NC(=O)CN2CCN[C@@H](C)C2)cc1. The molecule has 1 aliphatic heterocycles. The summed E-state index contributed by atoms with van der Waals surface area (Å²) in [5, 5.41) is 6.33. The largest absolute Gasteiger partial charge is 0.325 e. The van der Waals surface area contributed by atoms with E-state index in [1.165, 1.54) is 5.56 Å². The van der Waals surface area contributed by atoms with Gasteiger partial charge < -0.3 is 10.6 Å². The third-order valence-corrected chi connectivity index (χ3v) is 3.47. The quantitative estimate of drug-likeness (QED) is 0.863. The summed E-state index contributed by atoms with van der Waals surface area (Å²) in [6, 6.07) is 8.52. The highest BCUT2D eigenvalue weighted by Gasteiger charge is 2.17. The molecule has 2 rings (SSSR count). The maximum Gasteiger partial charge on any atom is 0.238 e. The first-order chi connectivity index (χ1) is 9.17. The van der Waals surface area contributed by atoms with Gasteiger partial charge in [-0.05, 0) is 31.0 Å². The van der Waals surface area contributed by atoms with Gasteiger partial charge in [-0.25, -0.2) is 0 Å². The van der Waals surface area contributed by atoms with Gasteiger partial charge in [0.25, 0.3) is 0 Å². The van der Waals surface area contributed by atoms with Crippen molar-refractivity contribution in [3.8, 4) is 0 Å². The molecule has 4 heteroatoms. The predicted molar refractivity (Wildman–Crippen MR) is 78.4 cm³/mol. The molecule has 1 amide bonds. The highest BCUT2D eigenvalue weighted by Crippen LogP contribution is 2.10. The summed E-state index contributed by atoms with van der Waals surface area (Å²) in [7, 11) is 0. The van der Waals surface area contributed by atoms with Crippen LogP contribution < -0.4 is 10.6 Å². The molecule has 1 atom stereocenters. The Bertz CT molecular complexity index is 416. The number of amides is 1. The molecule has 0 bridgehead atoms. The number of hydrogen-bond donors (Lipinski definition) is 2. The van der Waals surface area contributed by atoms with E-state index in [-0.39, 0.29) is 5.91 Å². The van der Waals surface area contributed by atoms with E-state index in [1.807, 2.05) is 12.1 Å². The van der Waals surface area contributed by atoms with Gasteiger partial charge >= 0.3 is 0 Å². The summed E-state index contributed by atoms with van der Waals surface area (Å²) >= 11 is 0. The maximum atomic E-state index is 12.0. The Balaban J connectivity index is 1.83. The van der Waals surface area contributed by atoms with Crippen molar-refractivity contribution in [1.82, 2.24) is 10.2 Å². The van der Waals surface area contributed by atoms with Crippen LogP contribution in [0.4, 0.5) is 5.69 Å². The van der Waals surface area contributed by atoms with Crippen molar-refractivity contribution in [3.63, 3.8) is 0 Å². The number of anilines is 1. The molecule has 1 aromatic carbocycles. The maximum absolute atomic E-state index is 12.0. The molecule has 4 nitrogen and oxygen atoms in total. The first-order valence-electron chi connectivity index (χ1n) is 7.02. The lowest BCUT2D eigenvalue weighted by atomic mass is 10.1. The fourth-order valence-corrected chi connectivity index (χ4v) is 2.38. The number of nitrogens with one attached hydrogen (secondary N) is 2. The first-order valence-corrected chi connectivity index (χ1v) is 7.02. The van der Waals surface area contributed by atoms with Crippen LogP contribution in [-0.2, 0) is 11.2 Å². The lowest BCUT2D eigenvalue weighted by Gasteiger charge is -2.31.